The minimum Gasteiger partial charge on any atom is -0.377 e. The Hall–Kier alpha value is -2.14. The standard InChI is InChI=1S/C16H21N3O2/c1-4-21-10-12-7-5-6-8-13(12)17-16(20)15-9-14(11(2)3)18-19-15/h5-9,11H,4,10H2,1-3H3,(H,17,20)(H,18,19). The molecule has 0 spiro atoms. The second kappa shape index (κ2) is 7.04. The van der Waals surface area contributed by atoms with Crippen molar-refractivity contribution >= 4 is 11.6 Å². The Kier molecular flexibility index (Phi) is 5.11. The smallest absolute Gasteiger partial charge is 0.276 e. The lowest BCUT2D eigenvalue weighted by Gasteiger charge is -2.10. The van der Waals surface area contributed by atoms with Crippen molar-refractivity contribution < 1.29 is 9.53 Å². The van der Waals surface area contributed by atoms with Crippen LogP contribution in [0.1, 0.15) is 48.4 Å². The van der Waals surface area contributed by atoms with Crippen LogP contribution >= 0.6 is 0 Å². The monoisotopic (exact) mass is 287 g/mol. The van der Waals surface area contributed by atoms with Gasteiger partial charge in [0.05, 0.1) is 6.61 Å². The fourth-order valence-electron chi connectivity index (χ4n) is 1.92. The van der Waals surface area contributed by atoms with Crippen LogP contribution < -0.4 is 5.32 Å². The van der Waals surface area contributed by atoms with E-state index in [-0.39, 0.29) is 5.91 Å². The van der Waals surface area contributed by atoms with E-state index < -0.39 is 0 Å². The highest BCUT2D eigenvalue weighted by molar-refractivity contribution is 6.03. The molecule has 21 heavy (non-hydrogen) atoms. The van der Waals surface area contributed by atoms with Crippen LogP contribution in [0.25, 0.3) is 0 Å². The predicted octanol–water partition coefficient (Wildman–Crippen LogP) is 3.32. The Morgan fingerprint density at radius 3 is 2.81 bits per heavy atom. The van der Waals surface area contributed by atoms with E-state index in [2.05, 4.69) is 15.5 Å². The zero-order chi connectivity index (χ0) is 15.2. The van der Waals surface area contributed by atoms with Crippen molar-refractivity contribution in [2.45, 2.75) is 33.3 Å². The van der Waals surface area contributed by atoms with E-state index >= 15 is 0 Å². The molecule has 0 saturated carbocycles. The lowest BCUT2D eigenvalue weighted by molar-refractivity contribution is 0.102. The third-order valence-electron chi connectivity index (χ3n) is 3.18. The number of anilines is 1. The van der Waals surface area contributed by atoms with E-state index in [1.54, 1.807) is 6.07 Å². The molecule has 0 bridgehead atoms. The molecule has 1 aromatic heterocycles. The summed E-state index contributed by atoms with van der Waals surface area (Å²) in [6.45, 7) is 7.15. The Balaban J connectivity index is 2.11. The summed E-state index contributed by atoms with van der Waals surface area (Å²) < 4.78 is 5.41. The number of aromatic nitrogens is 2. The number of ether oxygens (including phenoxy) is 1. The lowest BCUT2D eigenvalue weighted by atomic mass is 10.1. The lowest BCUT2D eigenvalue weighted by Crippen LogP contribution is -2.14. The first kappa shape index (κ1) is 15.3. The molecule has 0 aliphatic carbocycles. The van der Waals surface area contributed by atoms with E-state index in [9.17, 15) is 4.79 Å². The van der Waals surface area contributed by atoms with Crippen molar-refractivity contribution in [1.29, 1.82) is 0 Å². The highest BCUT2D eigenvalue weighted by atomic mass is 16.5. The number of H-pyrrole nitrogens is 1. The quantitative estimate of drug-likeness (QED) is 0.856. The zero-order valence-corrected chi connectivity index (χ0v) is 12.6. The maximum Gasteiger partial charge on any atom is 0.276 e. The summed E-state index contributed by atoms with van der Waals surface area (Å²) in [5, 5.41) is 9.83. The van der Waals surface area contributed by atoms with Crippen LogP contribution in [0.2, 0.25) is 0 Å². The maximum atomic E-state index is 12.2. The molecule has 0 aliphatic heterocycles. The van der Waals surface area contributed by atoms with Gasteiger partial charge < -0.3 is 10.1 Å². The molecule has 0 radical (unpaired) electrons. The molecule has 112 valence electrons. The van der Waals surface area contributed by atoms with Gasteiger partial charge in [-0.15, -0.1) is 0 Å². The normalized spacial score (nSPS) is 10.9. The van der Waals surface area contributed by atoms with E-state index in [4.69, 9.17) is 4.74 Å². The number of carbonyl (C=O) groups is 1. The Morgan fingerprint density at radius 1 is 1.38 bits per heavy atom. The highest BCUT2D eigenvalue weighted by Crippen LogP contribution is 2.18. The molecule has 1 heterocycles. The average Bonchev–Trinajstić information content (AvgIpc) is 2.96. The van der Waals surface area contributed by atoms with Crippen LogP contribution in [-0.4, -0.2) is 22.7 Å². The van der Waals surface area contributed by atoms with Gasteiger partial charge in [0.25, 0.3) is 5.91 Å². The minimum absolute atomic E-state index is 0.220. The van der Waals surface area contributed by atoms with Crippen LogP contribution in [0.15, 0.2) is 30.3 Å². The summed E-state index contributed by atoms with van der Waals surface area (Å²) in [6.07, 6.45) is 0. The third kappa shape index (κ3) is 3.92. The maximum absolute atomic E-state index is 12.2. The first-order valence-corrected chi connectivity index (χ1v) is 7.14. The van der Waals surface area contributed by atoms with Crippen LogP contribution in [0.4, 0.5) is 5.69 Å². The summed E-state index contributed by atoms with van der Waals surface area (Å²) in [4.78, 5) is 12.2. The van der Waals surface area contributed by atoms with Gasteiger partial charge in [-0.05, 0) is 25.0 Å². The molecular weight excluding hydrogens is 266 g/mol. The van der Waals surface area contributed by atoms with Gasteiger partial charge >= 0.3 is 0 Å². The number of aromatic amines is 1. The first-order valence-electron chi connectivity index (χ1n) is 7.14. The Labute approximate surface area is 124 Å². The number of carbonyl (C=O) groups excluding carboxylic acids is 1. The van der Waals surface area contributed by atoms with Crippen LogP contribution in [0, 0.1) is 0 Å². The van der Waals surface area contributed by atoms with Crippen molar-refractivity contribution in [3.63, 3.8) is 0 Å². The SMILES string of the molecule is CCOCc1ccccc1NC(=O)c1cc(C(C)C)[nH]n1. The summed E-state index contributed by atoms with van der Waals surface area (Å²) in [6, 6.07) is 9.40. The van der Waals surface area contributed by atoms with Gasteiger partial charge in [-0.3, -0.25) is 9.89 Å². The predicted molar refractivity (Wildman–Crippen MR) is 82.4 cm³/mol. The second-order valence-electron chi connectivity index (χ2n) is 5.11. The zero-order valence-electron chi connectivity index (χ0n) is 12.6. The van der Waals surface area contributed by atoms with Crippen molar-refractivity contribution in [1.82, 2.24) is 10.2 Å². The van der Waals surface area contributed by atoms with Crippen molar-refractivity contribution in [3.8, 4) is 0 Å². The van der Waals surface area contributed by atoms with Crippen LogP contribution in [0.3, 0.4) is 0 Å². The molecule has 0 fully saturated rings. The molecular formula is C16H21N3O2. The molecule has 5 nitrogen and oxygen atoms in total. The van der Waals surface area contributed by atoms with Crippen LogP contribution in [-0.2, 0) is 11.3 Å². The van der Waals surface area contributed by atoms with E-state index in [0.29, 0.717) is 24.8 Å². The number of amides is 1. The van der Waals surface area contributed by atoms with Gasteiger partial charge in [-0.1, -0.05) is 32.0 Å². The number of rotatable bonds is 6. The van der Waals surface area contributed by atoms with Crippen LogP contribution in [0.5, 0.6) is 0 Å². The fourth-order valence-corrected chi connectivity index (χ4v) is 1.92. The Bertz CT molecular complexity index is 605. The number of nitrogens with zero attached hydrogens (tertiary/aromatic N) is 1. The van der Waals surface area contributed by atoms with Crippen molar-refractivity contribution in [3.05, 3.63) is 47.3 Å². The molecule has 0 unspecified atom stereocenters. The topological polar surface area (TPSA) is 67.0 Å². The average molecular weight is 287 g/mol. The molecule has 2 N–H and O–H groups in total. The third-order valence-corrected chi connectivity index (χ3v) is 3.18. The summed E-state index contributed by atoms with van der Waals surface area (Å²) >= 11 is 0. The van der Waals surface area contributed by atoms with Crippen molar-refractivity contribution in [2.75, 3.05) is 11.9 Å². The number of para-hydroxylation sites is 1. The summed E-state index contributed by atoms with van der Waals surface area (Å²) in [7, 11) is 0. The largest absolute Gasteiger partial charge is 0.377 e. The fraction of sp³-hybridized carbons (Fsp3) is 0.375. The second-order valence-corrected chi connectivity index (χ2v) is 5.11. The van der Waals surface area contributed by atoms with E-state index in [0.717, 1.165) is 16.9 Å². The molecule has 0 aliphatic rings. The number of hydrogen-bond donors (Lipinski definition) is 2. The van der Waals surface area contributed by atoms with Gasteiger partial charge in [-0.2, -0.15) is 5.10 Å². The molecule has 2 rings (SSSR count). The molecule has 0 saturated heterocycles. The number of benzene rings is 1. The van der Waals surface area contributed by atoms with Gasteiger partial charge in [-0.25, -0.2) is 0 Å². The van der Waals surface area contributed by atoms with Crippen molar-refractivity contribution in [2.24, 2.45) is 0 Å². The number of nitrogens with one attached hydrogen (secondary N) is 2. The first-order chi connectivity index (χ1) is 10.1. The molecule has 1 aromatic carbocycles. The molecule has 1 amide bonds. The molecule has 2 aromatic rings. The van der Waals surface area contributed by atoms with E-state index in [1.165, 1.54) is 0 Å². The minimum atomic E-state index is -0.220. The molecule has 5 heteroatoms. The van der Waals surface area contributed by atoms with Gasteiger partial charge in [0.15, 0.2) is 5.69 Å². The van der Waals surface area contributed by atoms with Gasteiger partial charge in [0.1, 0.15) is 0 Å². The summed E-state index contributed by atoms with van der Waals surface area (Å²) in [5.74, 6) is 0.0892. The van der Waals surface area contributed by atoms with E-state index in [1.807, 2.05) is 45.0 Å². The Morgan fingerprint density at radius 2 is 2.14 bits per heavy atom. The summed E-state index contributed by atoms with van der Waals surface area (Å²) in [5.41, 5.74) is 3.05. The number of hydrogen-bond acceptors (Lipinski definition) is 3. The van der Waals surface area contributed by atoms with Gasteiger partial charge in [0, 0.05) is 23.6 Å². The van der Waals surface area contributed by atoms with Gasteiger partial charge in [0.2, 0.25) is 0 Å². The highest BCUT2D eigenvalue weighted by Gasteiger charge is 2.13. The molecule has 0 atom stereocenters.